The molecule has 0 radical (unpaired) electrons. The van der Waals surface area contributed by atoms with Crippen molar-refractivity contribution in [1.82, 2.24) is 15.6 Å². The molecule has 0 spiro atoms. The van der Waals surface area contributed by atoms with E-state index in [-0.39, 0.29) is 24.5 Å². The number of ether oxygens (including phenoxy) is 1. The van der Waals surface area contributed by atoms with E-state index in [1.165, 1.54) is 4.90 Å². The molecule has 3 atom stereocenters. The van der Waals surface area contributed by atoms with Crippen LogP contribution in [0.25, 0.3) is 0 Å². The van der Waals surface area contributed by atoms with Gasteiger partial charge in [-0.05, 0) is 51.0 Å². The minimum Gasteiger partial charge on any atom is -0.480 e. The summed E-state index contributed by atoms with van der Waals surface area (Å²) in [6, 6.07) is 7.26. The number of aliphatic carboxylic acids is 1. The number of nitrogens with one attached hydrogen (secondary N) is 1. The number of carbonyl (C=O) groups is 3. The number of esters is 1. The predicted molar refractivity (Wildman–Crippen MR) is 115 cm³/mol. The van der Waals surface area contributed by atoms with Crippen molar-refractivity contribution in [3.05, 3.63) is 35.9 Å². The normalized spacial score (nSPS) is 17.7. The summed E-state index contributed by atoms with van der Waals surface area (Å²) in [6.07, 6.45) is 2.92. The summed E-state index contributed by atoms with van der Waals surface area (Å²) in [6.45, 7) is 2.15. The standard InChI is InChI=1S/C22H33N3O8/c1-16(20(26)24-13-7-10-19(24)21(27)28)23-18(12-11-17-8-3-2-4-9-17)22(29)32-14-5-6-15-33-25(30)31/h2-4,8-9,16,18-19,23,30-31H,5-7,10-15H2,1H3,(H,27,28). The molecule has 0 aliphatic carbocycles. The third-order valence-corrected chi connectivity index (χ3v) is 5.48. The van der Waals surface area contributed by atoms with Crippen molar-refractivity contribution in [2.45, 2.75) is 63.6 Å². The first-order chi connectivity index (χ1) is 15.8. The van der Waals surface area contributed by atoms with Crippen molar-refractivity contribution in [3.63, 3.8) is 0 Å². The van der Waals surface area contributed by atoms with E-state index in [0.29, 0.717) is 45.1 Å². The molecule has 11 heteroatoms. The van der Waals surface area contributed by atoms with E-state index >= 15 is 0 Å². The van der Waals surface area contributed by atoms with E-state index in [2.05, 4.69) is 10.2 Å². The van der Waals surface area contributed by atoms with Gasteiger partial charge in [0, 0.05) is 6.54 Å². The Hall–Kier alpha value is -2.57. The molecular weight excluding hydrogens is 434 g/mol. The Morgan fingerprint density at radius 1 is 1.18 bits per heavy atom. The van der Waals surface area contributed by atoms with Gasteiger partial charge in [-0.25, -0.2) is 4.79 Å². The molecular formula is C22H33N3O8. The van der Waals surface area contributed by atoms with Gasteiger partial charge in [0.15, 0.2) is 0 Å². The van der Waals surface area contributed by atoms with Crippen LogP contribution in [0.1, 0.15) is 44.6 Å². The highest BCUT2D eigenvalue weighted by molar-refractivity contribution is 5.88. The van der Waals surface area contributed by atoms with E-state index in [9.17, 15) is 19.5 Å². The second-order valence-electron chi connectivity index (χ2n) is 7.95. The van der Waals surface area contributed by atoms with Gasteiger partial charge >= 0.3 is 11.9 Å². The van der Waals surface area contributed by atoms with Crippen LogP contribution in [0.4, 0.5) is 0 Å². The lowest BCUT2D eigenvalue weighted by atomic mass is 10.0. The predicted octanol–water partition coefficient (Wildman–Crippen LogP) is 1.38. The van der Waals surface area contributed by atoms with Crippen LogP contribution in [-0.2, 0) is 30.4 Å². The topological polar surface area (TPSA) is 149 Å². The molecule has 1 aromatic rings. The minimum absolute atomic E-state index is 0.0480. The molecule has 33 heavy (non-hydrogen) atoms. The van der Waals surface area contributed by atoms with Gasteiger partial charge in [-0.3, -0.25) is 30.2 Å². The first-order valence-corrected chi connectivity index (χ1v) is 11.1. The first-order valence-electron chi connectivity index (χ1n) is 11.1. The van der Waals surface area contributed by atoms with Crippen LogP contribution in [0.5, 0.6) is 0 Å². The number of likely N-dealkylation sites (tertiary alicyclic amines) is 1. The Morgan fingerprint density at radius 2 is 1.88 bits per heavy atom. The number of carboxylic acid groups (broad SMARTS) is 1. The molecule has 11 nitrogen and oxygen atoms in total. The Bertz CT molecular complexity index is 761. The van der Waals surface area contributed by atoms with Crippen LogP contribution in [0.15, 0.2) is 30.3 Å². The summed E-state index contributed by atoms with van der Waals surface area (Å²) >= 11 is 0. The van der Waals surface area contributed by atoms with Gasteiger partial charge < -0.3 is 14.7 Å². The number of nitrogens with zero attached hydrogens (tertiary/aromatic N) is 2. The molecule has 4 N–H and O–H groups in total. The Morgan fingerprint density at radius 3 is 2.55 bits per heavy atom. The lowest BCUT2D eigenvalue weighted by Crippen LogP contribution is -2.53. The molecule has 2 rings (SSSR count). The molecule has 1 fully saturated rings. The number of amides is 1. The number of rotatable bonds is 14. The van der Waals surface area contributed by atoms with Crippen LogP contribution in [0.2, 0.25) is 0 Å². The molecule has 184 valence electrons. The molecule has 1 aliphatic heterocycles. The quantitative estimate of drug-likeness (QED) is 0.180. The highest BCUT2D eigenvalue weighted by Crippen LogP contribution is 2.19. The fourth-order valence-electron chi connectivity index (χ4n) is 3.76. The number of unbranched alkanes of at least 4 members (excludes halogenated alkanes) is 1. The van der Waals surface area contributed by atoms with Crippen LogP contribution in [0.3, 0.4) is 0 Å². The molecule has 0 bridgehead atoms. The van der Waals surface area contributed by atoms with E-state index in [0.717, 1.165) is 5.56 Å². The van der Waals surface area contributed by atoms with Gasteiger partial charge in [0.25, 0.3) is 0 Å². The molecule has 1 aliphatic rings. The number of carboxylic acids is 1. The fraction of sp³-hybridized carbons (Fsp3) is 0.591. The van der Waals surface area contributed by atoms with E-state index in [4.69, 9.17) is 15.2 Å². The second-order valence-corrected chi connectivity index (χ2v) is 7.95. The molecule has 1 aromatic carbocycles. The molecule has 0 aromatic heterocycles. The van der Waals surface area contributed by atoms with Crippen LogP contribution < -0.4 is 5.32 Å². The van der Waals surface area contributed by atoms with Crippen molar-refractivity contribution in [2.24, 2.45) is 0 Å². The maximum atomic E-state index is 12.9. The zero-order chi connectivity index (χ0) is 24.2. The van der Waals surface area contributed by atoms with Crippen molar-refractivity contribution in [2.75, 3.05) is 19.8 Å². The molecule has 1 saturated heterocycles. The summed E-state index contributed by atoms with van der Waals surface area (Å²) in [5.74, 6) is -1.89. The lowest BCUT2D eigenvalue weighted by Gasteiger charge is -2.28. The Balaban J connectivity index is 1.93. The minimum atomic E-state index is -1.03. The molecule has 3 unspecified atom stereocenters. The van der Waals surface area contributed by atoms with E-state index in [1.807, 2.05) is 30.3 Å². The number of carbonyl (C=O) groups excluding carboxylic acids is 2. The maximum absolute atomic E-state index is 12.9. The molecule has 1 heterocycles. The highest BCUT2D eigenvalue weighted by atomic mass is 17.1. The van der Waals surface area contributed by atoms with Crippen LogP contribution in [0, 0.1) is 0 Å². The summed E-state index contributed by atoms with van der Waals surface area (Å²) in [5, 5.41) is 29.0. The van der Waals surface area contributed by atoms with Crippen molar-refractivity contribution >= 4 is 17.8 Å². The average Bonchev–Trinajstić information content (AvgIpc) is 3.29. The SMILES string of the molecule is CC(NC(CCc1ccccc1)C(=O)OCCCCON(O)O)C(=O)N1CCCC1C(=O)O. The van der Waals surface area contributed by atoms with Crippen molar-refractivity contribution in [1.29, 1.82) is 0 Å². The van der Waals surface area contributed by atoms with Gasteiger partial charge in [0.2, 0.25) is 5.91 Å². The largest absolute Gasteiger partial charge is 0.480 e. The Kier molecular flexibility index (Phi) is 11.2. The molecule has 0 saturated carbocycles. The van der Waals surface area contributed by atoms with Gasteiger partial charge in [-0.2, -0.15) is 0 Å². The zero-order valence-electron chi connectivity index (χ0n) is 18.8. The average molecular weight is 468 g/mol. The highest BCUT2D eigenvalue weighted by Gasteiger charge is 2.37. The number of benzene rings is 1. The van der Waals surface area contributed by atoms with Gasteiger partial charge in [0.05, 0.1) is 24.6 Å². The lowest BCUT2D eigenvalue weighted by molar-refractivity contribution is -0.492. The summed E-state index contributed by atoms with van der Waals surface area (Å²) in [5.41, 5.74) is 1.04. The van der Waals surface area contributed by atoms with Gasteiger partial charge in [0.1, 0.15) is 12.1 Å². The number of hydrogen-bond donors (Lipinski definition) is 4. The smallest absolute Gasteiger partial charge is 0.326 e. The van der Waals surface area contributed by atoms with Crippen molar-refractivity contribution < 1.29 is 39.5 Å². The summed E-state index contributed by atoms with van der Waals surface area (Å²) in [4.78, 5) is 42.8. The fourth-order valence-corrected chi connectivity index (χ4v) is 3.76. The third kappa shape index (κ3) is 9.06. The van der Waals surface area contributed by atoms with E-state index in [1.54, 1.807) is 6.92 Å². The summed E-state index contributed by atoms with van der Waals surface area (Å²) in [7, 11) is 0. The summed E-state index contributed by atoms with van der Waals surface area (Å²) < 4.78 is 5.35. The number of aryl methyl sites for hydroxylation is 1. The van der Waals surface area contributed by atoms with Crippen LogP contribution in [-0.4, -0.2) is 81.5 Å². The Labute approximate surface area is 192 Å². The monoisotopic (exact) mass is 467 g/mol. The molecule has 1 amide bonds. The zero-order valence-corrected chi connectivity index (χ0v) is 18.8. The maximum Gasteiger partial charge on any atom is 0.326 e. The van der Waals surface area contributed by atoms with Crippen LogP contribution >= 0.6 is 0 Å². The first kappa shape index (κ1) is 26.7. The van der Waals surface area contributed by atoms with Gasteiger partial charge in [-0.1, -0.05) is 30.3 Å². The third-order valence-electron chi connectivity index (χ3n) is 5.48. The van der Waals surface area contributed by atoms with Gasteiger partial charge in [-0.15, -0.1) is 0 Å². The van der Waals surface area contributed by atoms with Crippen molar-refractivity contribution in [3.8, 4) is 0 Å². The van der Waals surface area contributed by atoms with E-state index < -0.39 is 30.1 Å². The number of hydrogen-bond acceptors (Lipinski definition) is 9. The second kappa shape index (κ2) is 13.9.